The van der Waals surface area contributed by atoms with E-state index in [9.17, 15) is 0 Å². The summed E-state index contributed by atoms with van der Waals surface area (Å²) in [5.41, 5.74) is 0. The van der Waals surface area contributed by atoms with Crippen molar-refractivity contribution in [1.29, 1.82) is 0 Å². The molecule has 1 saturated heterocycles. The predicted molar refractivity (Wildman–Crippen MR) is 55.6 cm³/mol. The van der Waals surface area contributed by atoms with E-state index in [0.717, 1.165) is 12.5 Å². The van der Waals surface area contributed by atoms with Crippen molar-refractivity contribution in [3.8, 4) is 0 Å². The maximum Gasteiger partial charge on any atom is 0.0912 e. The van der Waals surface area contributed by atoms with Crippen molar-refractivity contribution in [2.75, 3.05) is 26.2 Å². The van der Waals surface area contributed by atoms with Gasteiger partial charge in [-0.05, 0) is 33.1 Å². The molecule has 0 saturated carbocycles. The minimum Gasteiger partial charge on any atom is -0.396 e. The fraction of sp³-hybridized carbons (Fsp3) is 1.00. The van der Waals surface area contributed by atoms with Gasteiger partial charge in [0, 0.05) is 13.0 Å². The number of nitrogens with zero attached hydrogens (tertiary/aromatic N) is 1. The maximum atomic E-state index is 9.03. The average Bonchev–Trinajstić information content (AvgIpc) is 2.20. The number of aliphatic hydroxyl groups excluding tert-OH is 1. The smallest absolute Gasteiger partial charge is 0.0912 e. The first kappa shape index (κ1) is 11.0. The summed E-state index contributed by atoms with van der Waals surface area (Å²) in [4.78, 5) is 0. The van der Waals surface area contributed by atoms with Crippen LogP contribution >= 0.6 is 0 Å². The number of piperidine rings is 1. The van der Waals surface area contributed by atoms with Crippen molar-refractivity contribution in [2.24, 2.45) is 0 Å². The topological polar surface area (TPSA) is 20.2 Å². The van der Waals surface area contributed by atoms with E-state index in [0.29, 0.717) is 6.61 Å². The van der Waals surface area contributed by atoms with Crippen LogP contribution < -0.4 is 0 Å². The highest BCUT2D eigenvalue weighted by Crippen LogP contribution is 2.27. The molecule has 1 aliphatic rings. The van der Waals surface area contributed by atoms with E-state index in [1.54, 1.807) is 0 Å². The molecule has 1 unspecified atom stereocenters. The van der Waals surface area contributed by atoms with E-state index >= 15 is 0 Å². The minimum atomic E-state index is 0.366. The summed E-state index contributed by atoms with van der Waals surface area (Å²) in [5, 5.41) is 9.03. The summed E-state index contributed by atoms with van der Waals surface area (Å²) in [5.74, 6) is 0. The van der Waals surface area contributed by atoms with Crippen LogP contribution in [-0.4, -0.2) is 41.9 Å². The molecule has 1 rings (SSSR count). The number of likely N-dealkylation sites (tertiary alicyclic amines) is 1. The molecule has 1 N–H and O–H groups in total. The van der Waals surface area contributed by atoms with Gasteiger partial charge in [0.1, 0.15) is 0 Å². The molecule has 0 aliphatic carbocycles. The Hall–Kier alpha value is -0.0800. The Labute approximate surface area is 82.1 Å². The first-order valence-electron chi connectivity index (χ1n) is 5.75. The lowest BCUT2D eigenvalue weighted by molar-refractivity contribution is -0.953. The van der Waals surface area contributed by atoms with Crippen molar-refractivity contribution in [3.05, 3.63) is 0 Å². The van der Waals surface area contributed by atoms with E-state index in [2.05, 4.69) is 13.8 Å². The molecule has 0 bridgehead atoms. The normalized spacial score (nSPS) is 27.5. The molecule has 0 amide bonds. The first-order valence-corrected chi connectivity index (χ1v) is 5.75. The second-order valence-corrected chi connectivity index (χ2v) is 4.24. The molecule has 0 radical (unpaired) electrons. The molecular formula is C11H24NO+. The Morgan fingerprint density at radius 1 is 1.23 bits per heavy atom. The van der Waals surface area contributed by atoms with E-state index in [1.165, 1.54) is 43.4 Å². The van der Waals surface area contributed by atoms with Crippen LogP contribution in [-0.2, 0) is 0 Å². The molecule has 1 fully saturated rings. The van der Waals surface area contributed by atoms with Gasteiger partial charge in [0.15, 0.2) is 0 Å². The zero-order valence-electron chi connectivity index (χ0n) is 9.13. The van der Waals surface area contributed by atoms with Gasteiger partial charge in [-0.3, -0.25) is 0 Å². The van der Waals surface area contributed by atoms with Gasteiger partial charge in [0.25, 0.3) is 0 Å². The second kappa shape index (κ2) is 4.97. The largest absolute Gasteiger partial charge is 0.396 e. The van der Waals surface area contributed by atoms with Crippen molar-refractivity contribution in [3.63, 3.8) is 0 Å². The standard InChI is InChI=1S/C11H24NO/c1-3-12(4-2)9-6-5-7-11(12)8-10-13/h11,13H,3-10H2,1-2H3/q+1. The van der Waals surface area contributed by atoms with Gasteiger partial charge in [-0.2, -0.15) is 0 Å². The molecule has 1 atom stereocenters. The molecule has 0 aromatic carbocycles. The van der Waals surface area contributed by atoms with Crippen LogP contribution in [0.25, 0.3) is 0 Å². The van der Waals surface area contributed by atoms with Gasteiger partial charge in [-0.1, -0.05) is 0 Å². The van der Waals surface area contributed by atoms with Crippen molar-refractivity contribution < 1.29 is 9.59 Å². The van der Waals surface area contributed by atoms with Crippen LogP contribution in [0.4, 0.5) is 0 Å². The molecule has 1 aliphatic heterocycles. The van der Waals surface area contributed by atoms with Crippen LogP contribution in [0.1, 0.15) is 39.5 Å². The van der Waals surface area contributed by atoms with Crippen molar-refractivity contribution in [2.45, 2.75) is 45.6 Å². The van der Waals surface area contributed by atoms with Crippen LogP contribution in [0.2, 0.25) is 0 Å². The molecule has 0 aromatic rings. The third kappa shape index (κ3) is 2.23. The Bertz CT molecular complexity index is 141. The number of quaternary nitrogens is 1. The Balaban J connectivity index is 2.63. The Morgan fingerprint density at radius 3 is 2.46 bits per heavy atom. The third-order valence-electron chi connectivity index (χ3n) is 3.89. The van der Waals surface area contributed by atoms with E-state index in [-0.39, 0.29) is 0 Å². The SMILES string of the molecule is CC[N+]1(CC)CCCCC1CCO. The quantitative estimate of drug-likeness (QED) is 0.664. The summed E-state index contributed by atoms with van der Waals surface area (Å²) >= 11 is 0. The molecule has 2 heteroatoms. The van der Waals surface area contributed by atoms with Crippen LogP contribution in [0, 0.1) is 0 Å². The van der Waals surface area contributed by atoms with Gasteiger partial charge in [-0.15, -0.1) is 0 Å². The van der Waals surface area contributed by atoms with Gasteiger partial charge >= 0.3 is 0 Å². The fourth-order valence-corrected chi connectivity index (χ4v) is 2.89. The van der Waals surface area contributed by atoms with Gasteiger partial charge in [0.2, 0.25) is 0 Å². The Kier molecular flexibility index (Phi) is 4.20. The summed E-state index contributed by atoms with van der Waals surface area (Å²) in [7, 11) is 0. The number of hydrogen-bond donors (Lipinski definition) is 1. The van der Waals surface area contributed by atoms with Crippen molar-refractivity contribution in [1.82, 2.24) is 0 Å². The fourth-order valence-electron chi connectivity index (χ4n) is 2.89. The number of hydrogen-bond acceptors (Lipinski definition) is 1. The van der Waals surface area contributed by atoms with Crippen molar-refractivity contribution >= 4 is 0 Å². The molecular weight excluding hydrogens is 162 g/mol. The minimum absolute atomic E-state index is 0.366. The second-order valence-electron chi connectivity index (χ2n) is 4.24. The monoisotopic (exact) mass is 186 g/mol. The van der Waals surface area contributed by atoms with E-state index < -0.39 is 0 Å². The molecule has 13 heavy (non-hydrogen) atoms. The van der Waals surface area contributed by atoms with E-state index in [1.807, 2.05) is 0 Å². The molecule has 2 nitrogen and oxygen atoms in total. The highest BCUT2D eigenvalue weighted by Gasteiger charge is 2.35. The molecule has 1 heterocycles. The zero-order valence-corrected chi connectivity index (χ0v) is 9.13. The van der Waals surface area contributed by atoms with E-state index in [4.69, 9.17) is 5.11 Å². The lowest BCUT2D eigenvalue weighted by Crippen LogP contribution is -2.58. The zero-order chi connectivity index (χ0) is 9.73. The van der Waals surface area contributed by atoms with Crippen LogP contribution in [0.3, 0.4) is 0 Å². The maximum absolute atomic E-state index is 9.03. The van der Waals surface area contributed by atoms with Gasteiger partial charge in [0.05, 0.1) is 25.7 Å². The molecule has 0 aromatic heterocycles. The third-order valence-corrected chi connectivity index (χ3v) is 3.89. The van der Waals surface area contributed by atoms with Crippen LogP contribution in [0.15, 0.2) is 0 Å². The first-order chi connectivity index (χ1) is 6.29. The number of aliphatic hydroxyl groups is 1. The summed E-state index contributed by atoms with van der Waals surface area (Å²) < 4.78 is 1.25. The number of rotatable bonds is 4. The van der Waals surface area contributed by atoms with Gasteiger partial charge in [-0.25, -0.2) is 0 Å². The lowest BCUT2D eigenvalue weighted by atomic mass is 9.96. The summed E-state index contributed by atoms with van der Waals surface area (Å²) in [6.07, 6.45) is 5.07. The highest BCUT2D eigenvalue weighted by molar-refractivity contribution is 4.66. The summed E-state index contributed by atoms with van der Waals surface area (Å²) in [6, 6.07) is 0.730. The lowest BCUT2D eigenvalue weighted by Gasteiger charge is -2.46. The highest BCUT2D eigenvalue weighted by atomic mass is 16.3. The molecule has 78 valence electrons. The Morgan fingerprint density at radius 2 is 1.92 bits per heavy atom. The average molecular weight is 186 g/mol. The predicted octanol–water partition coefficient (Wildman–Crippen LogP) is 1.78. The van der Waals surface area contributed by atoms with Gasteiger partial charge < -0.3 is 9.59 Å². The summed E-state index contributed by atoms with van der Waals surface area (Å²) in [6.45, 7) is 8.75. The molecule has 0 spiro atoms. The van der Waals surface area contributed by atoms with Crippen LogP contribution in [0.5, 0.6) is 0 Å².